The summed E-state index contributed by atoms with van der Waals surface area (Å²) in [6.07, 6.45) is 4.86. The highest BCUT2D eigenvalue weighted by Gasteiger charge is 2.21. The van der Waals surface area contributed by atoms with Gasteiger partial charge in [0.2, 0.25) is 0 Å². The fourth-order valence-electron chi connectivity index (χ4n) is 2.18. The summed E-state index contributed by atoms with van der Waals surface area (Å²) in [7, 11) is 0. The Morgan fingerprint density at radius 1 is 1.59 bits per heavy atom. The molecule has 1 aromatic heterocycles. The second-order valence-electron chi connectivity index (χ2n) is 4.44. The van der Waals surface area contributed by atoms with Crippen molar-refractivity contribution in [2.75, 3.05) is 6.54 Å². The van der Waals surface area contributed by atoms with Crippen LogP contribution in [-0.2, 0) is 0 Å². The van der Waals surface area contributed by atoms with Crippen molar-refractivity contribution in [3.63, 3.8) is 0 Å². The molecule has 1 saturated carbocycles. The van der Waals surface area contributed by atoms with E-state index in [1.165, 1.54) is 30.6 Å². The summed E-state index contributed by atoms with van der Waals surface area (Å²) < 4.78 is 0. The minimum absolute atomic E-state index is 0.0401. The first-order chi connectivity index (χ1) is 8.16. The van der Waals surface area contributed by atoms with Crippen molar-refractivity contribution >= 4 is 44.8 Å². The van der Waals surface area contributed by atoms with Crippen LogP contribution in [0.5, 0.6) is 0 Å². The maximum Gasteiger partial charge on any atom is 0.262 e. The van der Waals surface area contributed by atoms with Crippen molar-refractivity contribution in [2.24, 2.45) is 5.92 Å². The summed E-state index contributed by atoms with van der Waals surface area (Å²) in [6.45, 7) is 0.759. The van der Waals surface area contributed by atoms with Crippen LogP contribution in [0.25, 0.3) is 0 Å². The lowest BCUT2D eigenvalue weighted by Gasteiger charge is -2.25. The molecular formula is C12H15BrClNOS. The molecule has 1 fully saturated rings. The van der Waals surface area contributed by atoms with Gasteiger partial charge in [0.15, 0.2) is 0 Å². The number of nitrogens with one attached hydrogen (secondary N) is 1. The van der Waals surface area contributed by atoms with Gasteiger partial charge in [-0.15, -0.1) is 11.3 Å². The summed E-state index contributed by atoms with van der Waals surface area (Å²) in [5, 5.41) is 5.37. The normalized spacial score (nSPS) is 24.6. The Balaban J connectivity index is 1.82. The zero-order chi connectivity index (χ0) is 12.3. The Kier molecular flexibility index (Phi) is 4.88. The van der Waals surface area contributed by atoms with Gasteiger partial charge in [0.25, 0.3) is 5.91 Å². The zero-order valence-corrected chi connectivity index (χ0v) is 12.6. The lowest BCUT2D eigenvalue weighted by atomic mass is 9.89. The second kappa shape index (κ2) is 6.21. The highest BCUT2D eigenvalue weighted by atomic mass is 79.9. The maximum absolute atomic E-state index is 11.9. The molecule has 1 N–H and O–H groups in total. The van der Waals surface area contributed by atoms with Crippen molar-refractivity contribution < 1.29 is 4.79 Å². The predicted octanol–water partition coefficient (Wildman–Crippen LogP) is 4.09. The monoisotopic (exact) mass is 335 g/mol. The molecule has 1 aromatic rings. The van der Waals surface area contributed by atoms with E-state index in [4.69, 9.17) is 11.6 Å². The van der Waals surface area contributed by atoms with Crippen LogP contribution >= 0.6 is 38.9 Å². The lowest BCUT2D eigenvalue weighted by Crippen LogP contribution is -2.31. The van der Waals surface area contributed by atoms with Gasteiger partial charge in [0.05, 0.1) is 5.02 Å². The molecule has 17 heavy (non-hydrogen) atoms. The summed E-state index contributed by atoms with van der Waals surface area (Å²) >= 11 is 11.0. The Hall–Kier alpha value is -0.0600. The Morgan fingerprint density at radius 2 is 2.41 bits per heavy atom. The van der Waals surface area contributed by atoms with E-state index in [0.717, 1.165) is 13.0 Å². The maximum atomic E-state index is 11.9. The average molecular weight is 337 g/mol. The van der Waals surface area contributed by atoms with Gasteiger partial charge in [-0.05, 0) is 36.6 Å². The third-order valence-corrected chi connectivity index (χ3v) is 5.27. The number of carbonyl (C=O) groups is 1. The molecule has 0 aromatic carbocycles. The van der Waals surface area contributed by atoms with Crippen LogP contribution in [-0.4, -0.2) is 17.3 Å². The minimum Gasteiger partial charge on any atom is -0.351 e. The van der Waals surface area contributed by atoms with E-state index in [2.05, 4.69) is 21.2 Å². The molecule has 1 aliphatic rings. The standard InChI is InChI=1S/C12H15BrClNOS/c13-9-3-1-2-8(6-9)7-15-12(16)11-10(14)4-5-17-11/h4-5,8-9H,1-3,6-7H2,(H,15,16). The Labute approximate surface area is 119 Å². The summed E-state index contributed by atoms with van der Waals surface area (Å²) in [5.41, 5.74) is 0. The van der Waals surface area contributed by atoms with Crippen LogP contribution < -0.4 is 5.32 Å². The number of rotatable bonds is 3. The molecule has 0 bridgehead atoms. The van der Waals surface area contributed by atoms with E-state index in [0.29, 0.717) is 20.6 Å². The van der Waals surface area contributed by atoms with Gasteiger partial charge < -0.3 is 5.32 Å². The zero-order valence-electron chi connectivity index (χ0n) is 9.42. The first kappa shape index (κ1) is 13.4. The van der Waals surface area contributed by atoms with Crippen LogP contribution in [0.4, 0.5) is 0 Å². The van der Waals surface area contributed by atoms with Gasteiger partial charge in [-0.1, -0.05) is 34.0 Å². The first-order valence-corrected chi connectivity index (χ1v) is 7.99. The summed E-state index contributed by atoms with van der Waals surface area (Å²) in [6, 6.07) is 1.76. The third-order valence-electron chi connectivity index (χ3n) is 3.09. The van der Waals surface area contributed by atoms with Crippen molar-refractivity contribution in [3.05, 3.63) is 21.3 Å². The highest BCUT2D eigenvalue weighted by molar-refractivity contribution is 9.09. The molecule has 2 atom stereocenters. The van der Waals surface area contributed by atoms with Gasteiger partial charge in [0.1, 0.15) is 4.88 Å². The molecule has 2 nitrogen and oxygen atoms in total. The van der Waals surface area contributed by atoms with E-state index < -0.39 is 0 Å². The van der Waals surface area contributed by atoms with E-state index >= 15 is 0 Å². The number of carbonyl (C=O) groups excluding carboxylic acids is 1. The lowest BCUT2D eigenvalue weighted by molar-refractivity contribution is 0.0948. The minimum atomic E-state index is -0.0401. The number of alkyl halides is 1. The van der Waals surface area contributed by atoms with Crippen molar-refractivity contribution in [2.45, 2.75) is 30.5 Å². The fraction of sp³-hybridized carbons (Fsp3) is 0.583. The number of halogens is 2. The molecule has 2 rings (SSSR count). The van der Waals surface area contributed by atoms with Gasteiger partial charge in [-0.2, -0.15) is 0 Å². The van der Waals surface area contributed by atoms with Crippen molar-refractivity contribution in [1.82, 2.24) is 5.32 Å². The average Bonchev–Trinajstić information content (AvgIpc) is 2.72. The Morgan fingerprint density at radius 3 is 3.06 bits per heavy atom. The van der Waals surface area contributed by atoms with E-state index in [1.807, 2.05) is 5.38 Å². The quantitative estimate of drug-likeness (QED) is 0.828. The van der Waals surface area contributed by atoms with Crippen LogP contribution in [0.1, 0.15) is 35.4 Å². The van der Waals surface area contributed by atoms with Crippen LogP contribution in [0, 0.1) is 5.92 Å². The molecule has 5 heteroatoms. The topological polar surface area (TPSA) is 29.1 Å². The molecule has 1 aliphatic carbocycles. The van der Waals surface area contributed by atoms with Gasteiger partial charge >= 0.3 is 0 Å². The molecule has 0 aliphatic heterocycles. The predicted molar refractivity (Wildman–Crippen MR) is 76.3 cm³/mol. The molecule has 0 spiro atoms. The van der Waals surface area contributed by atoms with Gasteiger partial charge in [0, 0.05) is 11.4 Å². The molecule has 0 radical (unpaired) electrons. The molecule has 1 heterocycles. The van der Waals surface area contributed by atoms with E-state index in [-0.39, 0.29) is 5.91 Å². The second-order valence-corrected chi connectivity index (χ2v) is 7.06. The molecule has 2 unspecified atom stereocenters. The number of thiophene rings is 1. The number of amides is 1. The van der Waals surface area contributed by atoms with Gasteiger partial charge in [-0.25, -0.2) is 0 Å². The molecule has 1 amide bonds. The van der Waals surface area contributed by atoms with Crippen molar-refractivity contribution in [1.29, 1.82) is 0 Å². The molecule has 0 saturated heterocycles. The van der Waals surface area contributed by atoms with E-state index in [9.17, 15) is 4.79 Å². The van der Waals surface area contributed by atoms with Crippen LogP contribution in [0.15, 0.2) is 11.4 Å². The fourth-order valence-corrected chi connectivity index (χ4v) is 4.09. The molecular weight excluding hydrogens is 322 g/mol. The van der Waals surface area contributed by atoms with Gasteiger partial charge in [-0.3, -0.25) is 4.79 Å². The van der Waals surface area contributed by atoms with Crippen LogP contribution in [0.3, 0.4) is 0 Å². The van der Waals surface area contributed by atoms with Crippen molar-refractivity contribution in [3.8, 4) is 0 Å². The number of hydrogen-bond acceptors (Lipinski definition) is 2. The van der Waals surface area contributed by atoms with E-state index in [1.54, 1.807) is 6.07 Å². The van der Waals surface area contributed by atoms with Crippen LogP contribution in [0.2, 0.25) is 5.02 Å². The number of hydrogen-bond donors (Lipinski definition) is 1. The SMILES string of the molecule is O=C(NCC1CCCC(Br)C1)c1sccc1Cl. The molecule has 94 valence electrons. The summed E-state index contributed by atoms with van der Waals surface area (Å²) in [5.74, 6) is 0.553. The largest absolute Gasteiger partial charge is 0.351 e. The highest BCUT2D eigenvalue weighted by Crippen LogP contribution is 2.28. The smallest absolute Gasteiger partial charge is 0.262 e. The first-order valence-electron chi connectivity index (χ1n) is 5.82. The summed E-state index contributed by atoms with van der Waals surface area (Å²) in [4.78, 5) is 13.1. The Bertz CT molecular complexity index is 396. The third kappa shape index (κ3) is 3.70.